The smallest absolute Gasteiger partial charge is 0.272 e. The van der Waals surface area contributed by atoms with E-state index in [2.05, 4.69) is 5.10 Å². The third-order valence-corrected chi connectivity index (χ3v) is 4.94. The van der Waals surface area contributed by atoms with Gasteiger partial charge in [0.1, 0.15) is 5.69 Å². The number of carbonyl (C=O) groups is 1. The van der Waals surface area contributed by atoms with Crippen molar-refractivity contribution in [3.05, 3.63) is 17.5 Å². The number of nitrogens with zero attached hydrogens (tertiary/aromatic N) is 3. The fourth-order valence-corrected chi connectivity index (χ4v) is 3.73. The Morgan fingerprint density at radius 2 is 2.25 bits per heavy atom. The quantitative estimate of drug-likeness (QED) is 0.846. The number of piperidine rings is 1. The number of aryl methyl sites for hydroxylation is 2. The third-order valence-electron chi connectivity index (χ3n) is 4.94. The molecule has 2 aliphatic rings. The van der Waals surface area contributed by atoms with Gasteiger partial charge in [-0.25, -0.2) is 0 Å². The Balaban J connectivity index is 1.76. The van der Waals surface area contributed by atoms with Gasteiger partial charge in [-0.2, -0.15) is 5.10 Å². The fraction of sp³-hybridized carbons (Fsp3) is 0.733. The van der Waals surface area contributed by atoms with Gasteiger partial charge in [0.2, 0.25) is 0 Å². The monoisotopic (exact) mass is 277 g/mol. The van der Waals surface area contributed by atoms with Crippen molar-refractivity contribution in [1.29, 1.82) is 0 Å². The Labute approximate surface area is 119 Å². The van der Waals surface area contributed by atoms with Crippen LogP contribution in [-0.2, 0) is 7.05 Å². The first-order valence-electron chi connectivity index (χ1n) is 7.52. The third kappa shape index (κ3) is 2.24. The van der Waals surface area contributed by atoms with Gasteiger partial charge in [0, 0.05) is 26.1 Å². The second-order valence-electron chi connectivity index (χ2n) is 6.34. The lowest BCUT2D eigenvalue weighted by molar-refractivity contribution is -0.0887. The van der Waals surface area contributed by atoms with Crippen LogP contribution in [0.15, 0.2) is 6.07 Å². The summed E-state index contributed by atoms with van der Waals surface area (Å²) in [6.45, 7) is 3.22. The SMILES string of the molecule is Cc1cc(C(=O)N2CCC3(O)CCCCC3C2)n(C)n1. The summed E-state index contributed by atoms with van der Waals surface area (Å²) in [6, 6.07) is 1.84. The standard InChI is InChI=1S/C15H23N3O2/c1-11-9-13(17(2)16-11)14(19)18-8-7-15(20)6-4-3-5-12(15)10-18/h9,12,20H,3-8,10H2,1-2H3. The van der Waals surface area contributed by atoms with Crippen LogP contribution in [0.25, 0.3) is 0 Å². The topological polar surface area (TPSA) is 58.4 Å². The van der Waals surface area contributed by atoms with E-state index in [1.165, 1.54) is 6.42 Å². The van der Waals surface area contributed by atoms with Crippen molar-refractivity contribution in [2.24, 2.45) is 13.0 Å². The van der Waals surface area contributed by atoms with E-state index in [9.17, 15) is 9.90 Å². The molecule has 110 valence electrons. The van der Waals surface area contributed by atoms with Crippen molar-refractivity contribution in [2.45, 2.75) is 44.6 Å². The maximum absolute atomic E-state index is 12.6. The summed E-state index contributed by atoms with van der Waals surface area (Å²) in [5.41, 5.74) is 0.975. The first-order valence-corrected chi connectivity index (χ1v) is 7.52. The predicted octanol–water partition coefficient (Wildman–Crippen LogP) is 1.50. The van der Waals surface area contributed by atoms with E-state index in [1.807, 2.05) is 17.9 Å². The van der Waals surface area contributed by atoms with Crippen LogP contribution in [-0.4, -0.2) is 44.4 Å². The van der Waals surface area contributed by atoms with Gasteiger partial charge in [0.15, 0.2) is 0 Å². The molecular weight excluding hydrogens is 254 g/mol. The van der Waals surface area contributed by atoms with Gasteiger partial charge in [-0.3, -0.25) is 9.48 Å². The van der Waals surface area contributed by atoms with Gasteiger partial charge in [-0.1, -0.05) is 12.8 Å². The lowest BCUT2D eigenvalue weighted by atomic mass is 9.71. The van der Waals surface area contributed by atoms with E-state index >= 15 is 0 Å². The molecule has 2 fully saturated rings. The molecule has 3 rings (SSSR count). The number of carbonyl (C=O) groups excluding carboxylic acids is 1. The average Bonchev–Trinajstić information content (AvgIpc) is 2.76. The molecule has 0 radical (unpaired) electrons. The van der Waals surface area contributed by atoms with Gasteiger partial charge in [-0.15, -0.1) is 0 Å². The van der Waals surface area contributed by atoms with Crippen LogP contribution in [0.1, 0.15) is 48.3 Å². The predicted molar refractivity (Wildman–Crippen MR) is 75.4 cm³/mol. The van der Waals surface area contributed by atoms with Crippen LogP contribution in [0.4, 0.5) is 0 Å². The van der Waals surface area contributed by atoms with Gasteiger partial charge >= 0.3 is 0 Å². The van der Waals surface area contributed by atoms with E-state index < -0.39 is 5.60 Å². The summed E-state index contributed by atoms with van der Waals surface area (Å²) in [5.74, 6) is 0.281. The normalized spacial score (nSPS) is 30.1. The molecule has 2 atom stereocenters. The molecule has 1 N–H and O–H groups in total. The molecule has 1 aliphatic heterocycles. The lowest BCUT2D eigenvalue weighted by Gasteiger charge is -2.47. The Hall–Kier alpha value is -1.36. The second kappa shape index (κ2) is 4.88. The highest BCUT2D eigenvalue weighted by atomic mass is 16.3. The molecule has 0 bridgehead atoms. The molecule has 20 heavy (non-hydrogen) atoms. The van der Waals surface area contributed by atoms with E-state index in [0.717, 1.165) is 25.0 Å². The molecule has 5 nitrogen and oxygen atoms in total. The Morgan fingerprint density at radius 3 is 2.95 bits per heavy atom. The van der Waals surface area contributed by atoms with Crippen LogP contribution in [0.3, 0.4) is 0 Å². The first kappa shape index (κ1) is 13.6. The van der Waals surface area contributed by atoms with Crippen molar-refractivity contribution >= 4 is 5.91 Å². The largest absolute Gasteiger partial charge is 0.389 e. The molecule has 5 heteroatoms. The van der Waals surface area contributed by atoms with Crippen molar-refractivity contribution in [3.8, 4) is 0 Å². The number of hydrogen-bond acceptors (Lipinski definition) is 3. The minimum Gasteiger partial charge on any atom is -0.389 e. The molecule has 1 aliphatic carbocycles. The van der Waals surface area contributed by atoms with Crippen LogP contribution < -0.4 is 0 Å². The molecule has 1 aromatic rings. The van der Waals surface area contributed by atoms with Gasteiger partial charge < -0.3 is 10.0 Å². The summed E-state index contributed by atoms with van der Waals surface area (Å²) in [4.78, 5) is 14.5. The molecule has 2 unspecified atom stereocenters. The maximum Gasteiger partial charge on any atom is 0.272 e. The summed E-state index contributed by atoms with van der Waals surface area (Å²) in [6.07, 6.45) is 4.91. The van der Waals surface area contributed by atoms with E-state index in [0.29, 0.717) is 25.2 Å². The van der Waals surface area contributed by atoms with Crippen molar-refractivity contribution in [1.82, 2.24) is 14.7 Å². The number of aromatic nitrogens is 2. The van der Waals surface area contributed by atoms with Gasteiger partial charge in [-0.05, 0) is 32.3 Å². The molecule has 0 spiro atoms. The highest BCUT2D eigenvalue weighted by Gasteiger charge is 2.44. The molecule has 0 aromatic carbocycles. The van der Waals surface area contributed by atoms with Crippen LogP contribution >= 0.6 is 0 Å². The molecule has 1 aromatic heterocycles. The molecular formula is C15H23N3O2. The Bertz CT molecular complexity index is 525. The number of rotatable bonds is 1. The highest BCUT2D eigenvalue weighted by Crippen LogP contribution is 2.39. The van der Waals surface area contributed by atoms with E-state index in [4.69, 9.17) is 0 Å². The molecule has 2 heterocycles. The van der Waals surface area contributed by atoms with Crippen LogP contribution in [0.5, 0.6) is 0 Å². The molecule has 1 amide bonds. The summed E-state index contributed by atoms with van der Waals surface area (Å²) in [5, 5.41) is 14.9. The fourth-order valence-electron chi connectivity index (χ4n) is 3.73. The second-order valence-corrected chi connectivity index (χ2v) is 6.34. The zero-order chi connectivity index (χ0) is 14.3. The van der Waals surface area contributed by atoms with Crippen molar-refractivity contribution in [2.75, 3.05) is 13.1 Å². The lowest BCUT2D eigenvalue weighted by Crippen LogP contribution is -2.54. The summed E-state index contributed by atoms with van der Waals surface area (Å²) >= 11 is 0. The number of likely N-dealkylation sites (tertiary alicyclic amines) is 1. The average molecular weight is 277 g/mol. The van der Waals surface area contributed by atoms with Crippen molar-refractivity contribution < 1.29 is 9.90 Å². The van der Waals surface area contributed by atoms with E-state index in [-0.39, 0.29) is 11.8 Å². The summed E-state index contributed by atoms with van der Waals surface area (Å²) in [7, 11) is 1.81. The van der Waals surface area contributed by atoms with Crippen LogP contribution in [0, 0.1) is 12.8 Å². The number of hydrogen-bond donors (Lipinski definition) is 1. The zero-order valence-electron chi connectivity index (χ0n) is 12.3. The molecule has 1 saturated heterocycles. The zero-order valence-corrected chi connectivity index (χ0v) is 12.3. The Morgan fingerprint density at radius 1 is 1.45 bits per heavy atom. The minimum absolute atomic E-state index is 0.0423. The first-order chi connectivity index (χ1) is 9.49. The maximum atomic E-state index is 12.6. The number of amides is 1. The molecule has 1 saturated carbocycles. The van der Waals surface area contributed by atoms with Crippen molar-refractivity contribution in [3.63, 3.8) is 0 Å². The summed E-state index contributed by atoms with van der Waals surface area (Å²) < 4.78 is 1.65. The Kier molecular flexibility index (Phi) is 3.32. The van der Waals surface area contributed by atoms with Gasteiger partial charge in [0.25, 0.3) is 5.91 Å². The minimum atomic E-state index is -0.530. The van der Waals surface area contributed by atoms with E-state index in [1.54, 1.807) is 11.7 Å². The highest BCUT2D eigenvalue weighted by molar-refractivity contribution is 5.92. The number of fused-ring (bicyclic) bond motifs is 1. The van der Waals surface area contributed by atoms with Crippen LogP contribution in [0.2, 0.25) is 0 Å². The number of aliphatic hydroxyl groups is 1. The van der Waals surface area contributed by atoms with Gasteiger partial charge in [0.05, 0.1) is 11.3 Å².